The van der Waals surface area contributed by atoms with Crippen molar-refractivity contribution in [2.45, 2.75) is 90.3 Å². The highest BCUT2D eigenvalue weighted by Crippen LogP contribution is 2.32. The van der Waals surface area contributed by atoms with E-state index in [-0.39, 0.29) is 6.10 Å². The Morgan fingerprint density at radius 3 is 2.12 bits per heavy atom. The maximum absolute atomic E-state index is 13.0. The molecule has 1 rings (SSSR count). The zero-order valence-electron chi connectivity index (χ0n) is 15.9. The van der Waals surface area contributed by atoms with Crippen LogP contribution in [0.1, 0.15) is 94.0 Å². The van der Waals surface area contributed by atoms with Crippen LogP contribution in [0.2, 0.25) is 0 Å². The molecule has 0 amide bonds. The van der Waals surface area contributed by atoms with Gasteiger partial charge in [0.25, 0.3) is 0 Å². The van der Waals surface area contributed by atoms with E-state index in [0.717, 1.165) is 25.3 Å². The van der Waals surface area contributed by atoms with Crippen LogP contribution in [0, 0.1) is 0 Å². The van der Waals surface area contributed by atoms with Crippen LogP contribution in [0.5, 0.6) is 0 Å². The number of ether oxygens (including phenoxy) is 1. The van der Waals surface area contributed by atoms with Gasteiger partial charge in [0.1, 0.15) is 6.10 Å². The molecule has 0 saturated carbocycles. The first-order chi connectivity index (χ1) is 12.4. The zero-order chi connectivity index (χ0) is 19.4. The minimum Gasteiger partial charge on any atom is -0.459 e. The summed E-state index contributed by atoms with van der Waals surface area (Å²) in [7, 11) is 0. The van der Waals surface area contributed by atoms with Crippen LogP contribution in [-0.2, 0) is 10.9 Å². The van der Waals surface area contributed by atoms with Gasteiger partial charge in [0.2, 0.25) is 0 Å². The Kier molecular flexibility index (Phi) is 10.4. The van der Waals surface area contributed by atoms with Crippen LogP contribution in [0.25, 0.3) is 0 Å². The van der Waals surface area contributed by atoms with Crippen LogP contribution in [0.4, 0.5) is 13.2 Å². The Hall–Kier alpha value is -1.52. The Morgan fingerprint density at radius 2 is 1.54 bits per heavy atom. The molecule has 0 N–H and O–H groups in total. The molecule has 0 spiro atoms. The van der Waals surface area contributed by atoms with Gasteiger partial charge in [0.05, 0.1) is 11.1 Å². The first-order valence-corrected chi connectivity index (χ1v) is 9.77. The zero-order valence-corrected chi connectivity index (χ0v) is 15.9. The summed E-state index contributed by atoms with van der Waals surface area (Å²) in [6.07, 6.45) is 5.85. The fourth-order valence-electron chi connectivity index (χ4n) is 2.98. The number of hydrogen-bond donors (Lipinski definition) is 0. The molecule has 0 radical (unpaired) electrons. The number of carbonyl (C=O) groups excluding carboxylic acids is 1. The number of esters is 1. The molecule has 0 fully saturated rings. The number of alkyl halides is 3. The second kappa shape index (κ2) is 12.0. The molecule has 0 aliphatic heterocycles. The largest absolute Gasteiger partial charge is 0.459 e. The molecular formula is C21H31F3O2. The highest BCUT2D eigenvalue weighted by Gasteiger charge is 2.35. The van der Waals surface area contributed by atoms with E-state index in [1.807, 2.05) is 6.92 Å². The molecule has 148 valence electrons. The SMILES string of the molecule is CCCCCCCCCCC(CC)OC(=O)c1ccccc1C(F)(F)F. The predicted molar refractivity (Wildman–Crippen MR) is 98.2 cm³/mol. The van der Waals surface area contributed by atoms with Crippen LogP contribution in [0.3, 0.4) is 0 Å². The molecule has 1 aromatic carbocycles. The van der Waals surface area contributed by atoms with E-state index in [4.69, 9.17) is 4.74 Å². The van der Waals surface area contributed by atoms with Gasteiger partial charge in [-0.3, -0.25) is 0 Å². The van der Waals surface area contributed by atoms with Gasteiger partial charge >= 0.3 is 12.1 Å². The van der Waals surface area contributed by atoms with E-state index in [2.05, 4.69) is 6.92 Å². The van der Waals surface area contributed by atoms with Crippen LogP contribution in [-0.4, -0.2) is 12.1 Å². The van der Waals surface area contributed by atoms with Crippen molar-refractivity contribution < 1.29 is 22.7 Å². The summed E-state index contributed by atoms with van der Waals surface area (Å²) in [5.74, 6) is -0.885. The number of carbonyl (C=O) groups is 1. The Morgan fingerprint density at radius 1 is 0.962 bits per heavy atom. The predicted octanol–water partition coefficient (Wildman–Crippen LogP) is 7.17. The van der Waals surface area contributed by atoms with Gasteiger partial charge in [-0.05, 0) is 31.4 Å². The fraction of sp³-hybridized carbons (Fsp3) is 0.667. The van der Waals surface area contributed by atoms with Crippen LogP contribution >= 0.6 is 0 Å². The topological polar surface area (TPSA) is 26.3 Å². The van der Waals surface area contributed by atoms with Crippen molar-refractivity contribution in [1.82, 2.24) is 0 Å². The van der Waals surface area contributed by atoms with E-state index in [0.29, 0.717) is 12.8 Å². The minimum atomic E-state index is -4.56. The molecule has 5 heteroatoms. The third kappa shape index (κ3) is 8.24. The lowest BCUT2D eigenvalue weighted by Gasteiger charge is -2.18. The van der Waals surface area contributed by atoms with Crippen molar-refractivity contribution in [2.75, 3.05) is 0 Å². The number of rotatable bonds is 12. The van der Waals surface area contributed by atoms with Gasteiger partial charge in [-0.15, -0.1) is 0 Å². The average Bonchev–Trinajstić information content (AvgIpc) is 2.62. The molecule has 0 aromatic heterocycles. The van der Waals surface area contributed by atoms with E-state index in [1.54, 1.807) is 0 Å². The third-order valence-electron chi connectivity index (χ3n) is 4.56. The van der Waals surface area contributed by atoms with E-state index < -0.39 is 23.3 Å². The van der Waals surface area contributed by atoms with E-state index >= 15 is 0 Å². The summed E-state index contributed by atoms with van der Waals surface area (Å²) in [6.45, 7) is 4.08. The van der Waals surface area contributed by atoms with E-state index in [9.17, 15) is 18.0 Å². The first kappa shape index (κ1) is 22.5. The number of hydrogen-bond acceptors (Lipinski definition) is 2. The lowest BCUT2D eigenvalue weighted by atomic mass is 10.0. The summed E-state index contributed by atoms with van der Waals surface area (Å²) in [6, 6.07) is 4.78. The summed E-state index contributed by atoms with van der Waals surface area (Å²) in [5, 5.41) is 0. The Labute approximate surface area is 155 Å². The van der Waals surface area contributed by atoms with Gasteiger partial charge in [0.15, 0.2) is 0 Å². The molecular weight excluding hydrogens is 341 g/mol. The fourth-order valence-corrected chi connectivity index (χ4v) is 2.98. The summed E-state index contributed by atoms with van der Waals surface area (Å²) < 4.78 is 44.4. The molecule has 0 saturated heterocycles. The van der Waals surface area contributed by atoms with Crippen molar-refractivity contribution in [3.8, 4) is 0 Å². The monoisotopic (exact) mass is 372 g/mol. The van der Waals surface area contributed by atoms with E-state index in [1.165, 1.54) is 50.3 Å². The molecule has 1 aromatic rings. The first-order valence-electron chi connectivity index (χ1n) is 9.77. The third-order valence-corrected chi connectivity index (χ3v) is 4.56. The lowest BCUT2D eigenvalue weighted by molar-refractivity contribution is -0.138. The molecule has 0 bridgehead atoms. The molecule has 1 atom stereocenters. The molecule has 0 aliphatic carbocycles. The van der Waals surface area contributed by atoms with Crippen molar-refractivity contribution in [1.29, 1.82) is 0 Å². The summed E-state index contributed by atoms with van der Waals surface area (Å²) in [5.41, 5.74) is -1.35. The van der Waals surface area contributed by atoms with Crippen molar-refractivity contribution in [2.24, 2.45) is 0 Å². The molecule has 26 heavy (non-hydrogen) atoms. The summed E-state index contributed by atoms with van der Waals surface area (Å²) in [4.78, 5) is 12.2. The lowest BCUT2D eigenvalue weighted by Crippen LogP contribution is -2.21. The van der Waals surface area contributed by atoms with Gasteiger partial charge < -0.3 is 4.74 Å². The van der Waals surface area contributed by atoms with Gasteiger partial charge in [-0.1, -0.05) is 70.9 Å². The van der Waals surface area contributed by atoms with Crippen molar-refractivity contribution >= 4 is 5.97 Å². The number of unbranched alkanes of at least 4 members (excludes halogenated alkanes) is 7. The number of halogens is 3. The smallest absolute Gasteiger partial charge is 0.417 e. The maximum atomic E-state index is 13.0. The summed E-state index contributed by atoms with van der Waals surface area (Å²) >= 11 is 0. The molecule has 1 unspecified atom stereocenters. The van der Waals surface area contributed by atoms with Gasteiger partial charge in [0, 0.05) is 0 Å². The van der Waals surface area contributed by atoms with Crippen LogP contribution in [0.15, 0.2) is 24.3 Å². The van der Waals surface area contributed by atoms with Crippen molar-refractivity contribution in [3.05, 3.63) is 35.4 Å². The quantitative estimate of drug-likeness (QED) is 0.287. The minimum absolute atomic E-state index is 0.330. The second-order valence-electron chi connectivity index (χ2n) is 6.74. The molecule has 2 nitrogen and oxygen atoms in total. The second-order valence-corrected chi connectivity index (χ2v) is 6.74. The maximum Gasteiger partial charge on any atom is 0.417 e. The highest BCUT2D eigenvalue weighted by atomic mass is 19.4. The Bertz CT molecular complexity index is 526. The Balaban J connectivity index is 2.42. The van der Waals surface area contributed by atoms with Gasteiger partial charge in [-0.25, -0.2) is 4.79 Å². The standard InChI is InChI=1S/C21H31F3O2/c1-3-5-6-7-8-9-10-11-14-17(4-2)26-20(25)18-15-12-13-16-19(18)21(22,23)24/h12-13,15-17H,3-11,14H2,1-2H3. The van der Waals surface area contributed by atoms with Gasteiger partial charge in [-0.2, -0.15) is 13.2 Å². The average molecular weight is 372 g/mol. The van der Waals surface area contributed by atoms with Crippen molar-refractivity contribution in [3.63, 3.8) is 0 Å². The normalized spacial score (nSPS) is 12.8. The molecule has 0 aliphatic rings. The molecule has 0 heterocycles. The number of benzene rings is 1. The highest BCUT2D eigenvalue weighted by molar-refractivity contribution is 5.91. The van der Waals surface area contributed by atoms with Crippen LogP contribution < -0.4 is 0 Å².